The third-order valence-electron chi connectivity index (χ3n) is 4.91. The molecule has 1 heterocycles. The van der Waals surface area contributed by atoms with E-state index in [1.165, 1.54) is 4.90 Å². The molecule has 0 aliphatic carbocycles. The number of aromatic nitrogens is 1. The maximum Gasteiger partial charge on any atom is 0.254 e. The van der Waals surface area contributed by atoms with Gasteiger partial charge in [0, 0.05) is 23.1 Å². The van der Waals surface area contributed by atoms with Crippen molar-refractivity contribution < 1.29 is 9.90 Å². The largest absolute Gasteiger partial charge is 0.395 e. The zero-order chi connectivity index (χ0) is 19.6. The summed E-state index contributed by atoms with van der Waals surface area (Å²) in [7, 11) is 0. The van der Waals surface area contributed by atoms with E-state index in [4.69, 9.17) is 0 Å². The van der Waals surface area contributed by atoms with Crippen LogP contribution in [0, 0.1) is 20.8 Å². The topological polar surface area (TPSA) is 73.4 Å². The molecule has 1 aromatic heterocycles. The fourth-order valence-electron chi connectivity index (χ4n) is 3.30. The van der Waals surface area contributed by atoms with Crippen molar-refractivity contribution in [2.45, 2.75) is 27.3 Å². The summed E-state index contributed by atoms with van der Waals surface area (Å²) >= 11 is 0. The summed E-state index contributed by atoms with van der Waals surface area (Å²) in [6.07, 6.45) is 0. The lowest BCUT2D eigenvalue weighted by Crippen LogP contribution is -2.35. The van der Waals surface area contributed by atoms with E-state index < -0.39 is 0 Å². The van der Waals surface area contributed by atoms with Crippen LogP contribution in [0.15, 0.2) is 47.3 Å². The molecule has 3 rings (SSSR count). The molecule has 140 valence electrons. The number of hydrogen-bond donors (Lipinski definition) is 2. The van der Waals surface area contributed by atoms with E-state index in [1.807, 2.05) is 57.2 Å². The molecule has 0 spiro atoms. The van der Waals surface area contributed by atoms with E-state index in [0.29, 0.717) is 11.1 Å². The summed E-state index contributed by atoms with van der Waals surface area (Å²) in [6, 6.07) is 13.2. The molecular weight excluding hydrogens is 340 g/mol. The molecule has 0 saturated carbocycles. The van der Waals surface area contributed by atoms with Crippen LogP contribution in [0.25, 0.3) is 10.9 Å². The molecule has 2 N–H and O–H groups in total. The van der Waals surface area contributed by atoms with Crippen LogP contribution in [0.5, 0.6) is 0 Å². The minimum absolute atomic E-state index is 0.145. The number of aliphatic hydroxyl groups is 1. The molecular formula is C22H24N2O3. The van der Waals surface area contributed by atoms with Crippen molar-refractivity contribution in [1.29, 1.82) is 0 Å². The Labute approximate surface area is 158 Å². The predicted molar refractivity (Wildman–Crippen MR) is 107 cm³/mol. The highest BCUT2D eigenvalue weighted by Crippen LogP contribution is 2.20. The normalized spacial score (nSPS) is 11.0. The first-order chi connectivity index (χ1) is 12.9. The zero-order valence-electron chi connectivity index (χ0n) is 15.9. The standard InChI is InChI=1S/C22H24N2O3/c1-14-6-4-5-7-18(14)22(27)24(10-11-25)13-17-12-19-15(2)8-9-16(3)20(19)23-21(17)26/h4-9,12,25H,10-11,13H2,1-3H3,(H,23,26). The molecule has 2 aromatic carbocycles. The van der Waals surface area contributed by atoms with Gasteiger partial charge >= 0.3 is 0 Å². The number of carbonyl (C=O) groups is 1. The summed E-state index contributed by atoms with van der Waals surface area (Å²) in [5.74, 6) is -0.192. The number of aromatic amines is 1. The van der Waals surface area contributed by atoms with Crippen LogP contribution in [-0.2, 0) is 6.54 Å². The molecule has 0 radical (unpaired) electrons. The second-order valence-corrected chi connectivity index (χ2v) is 6.88. The molecule has 0 unspecified atom stereocenters. The average Bonchev–Trinajstić information content (AvgIpc) is 2.65. The first kappa shape index (κ1) is 18.9. The first-order valence-electron chi connectivity index (χ1n) is 9.00. The van der Waals surface area contributed by atoms with Gasteiger partial charge in [-0.15, -0.1) is 0 Å². The summed E-state index contributed by atoms with van der Waals surface area (Å²) in [6.45, 7) is 5.97. The van der Waals surface area contributed by atoms with E-state index in [0.717, 1.165) is 27.6 Å². The second kappa shape index (κ2) is 7.76. The van der Waals surface area contributed by atoms with Gasteiger partial charge in [-0.05, 0) is 49.6 Å². The summed E-state index contributed by atoms with van der Waals surface area (Å²) in [4.78, 5) is 30.0. The van der Waals surface area contributed by atoms with E-state index in [-0.39, 0.29) is 31.2 Å². The number of aliphatic hydroxyl groups excluding tert-OH is 1. The first-order valence-corrected chi connectivity index (χ1v) is 9.00. The molecule has 27 heavy (non-hydrogen) atoms. The number of carbonyl (C=O) groups excluding carboxylic acids is 1. The minimum Gasteiger partial charge on any atom is -0.395 e. The Morgan fingerprint density at radius 1 is 1.04 bits per heavy atom. The van der Waals surface area contributed by atoms with Crippen molar-refractivity contribution in [2.75, 3.05) is 13.2 Å². The fraction of sp³-hybridized carbons (Fsp3) is 0.273. The summed E-state index contributed by atoms with van der Waals surface area (Å²) < 4.78 is 0. The maximum atomic E-state index is 13.0. The number of amides is 1. The lowest BCUT2D eigenvalue weighted by molar-refractivity contribution is 0.0706. The Morgan fingerprint density at radius 2 is 1.74 bits per heavy atom. The van der Waals surface area contributed by atoms with E-state index in [2.05, 4.69) is 4.98 Å². The smallest absolute Gasteiger partial charge is 0.254 e. The van der Waals surface area contributed by atoms with Crippen LogP contribution >= 0.6 is 0 Å². The number of benzene rings is 2. The Hall–Kier alpha value is -2.92. The van der Waals surface area contributed by atoms with E-state index in [9.17, 15) is 14.7 Å². The molecule has 0 aliphatic rings. The van der Waals surface area contributed by atoms with Gasteiger partial charge in [0.25, 0.3) is 11.5 Å². The molecule has 0 atom stereocenters. The van der Waals surface area contributed by atoms with Crippen LogP contribution in [0.1, 0.15) is 32.6 Å². The van der Waals surface area contributed by atoms with Gasteiger partial charge in [0.1, 0.15) is 0 Å². The molecule has 5 heteroatoms. The van der Waals surface area contributed by atoms with Crippen LogP contribution in [0.4, 0.5) is 0 Å². The monoisotopic (exact) mass is 364 g/mol. The Balaban J connectivity index is 2.01. The number of nitrogens with one attached hydrogen (secondary N) is 1. The van der Waals surface area contributed by atoms with Gasteiger partial charge in [-0.1, -0.05) is 30.3 Å². The number of aryl methyl sites for hydroxylation is 3. The Kier molecular flexibility index (Phi) is 5.42. The van der Waals surface area contributed by atoms with Crippen molar-refractivity contribution in [1.82, 2.24) is 9.88 Å². The molecule has 3 aromatic rings. The van der Waals surface area contributed by atoms with Crippen molar-refractivity contribution in [3.05, 3.63) is 80.6 Å². The minimum atomic E-state index is -0.211. The Bertz CT molecular complexity index is 1050. The van der Waals surface area contributed by atoms with Crippen LogP contribution in [0.3, 0.4) is 0 Å². The molecule has 0 bridgehead atoms. The van der Waals surface area contributed by atoms with Crippen LogP contribution in [-0.4, -0.2) is 34.0 Å². The van der Waals surface area contributed by atoms with Gasteiger partial charge < -0.3 is 15.0 Å². The van der Waals surface area contributed by atoms with Gasteiger partial charge in [-0.25, -0.2) is 0 Å². The maximum absolute atomic E-state index is 13.0. The average molecular weight is 364 g/mol. The van der Waals surface area contributed by atoms with Crippen molar-refractivity contribution in [3.8, 4) is 0 Å². The number of pyridine rings is 1. The number of fused-ring (bicyclic) bond motifs is 1. The summed E-state index contributed by atoms with van der Waals surface area (Å²) in [5, 5.41) is 10.4. The Morgan fingerprint density at radius 3 is 2.44 bits per heavy atom. The molecule has 0 fully saturated rings. The van der Waals surface area contributed by atoms with Gasteiger partial charge in [0.05, 0.1) is 18.7 Å². The lowest BCUT2D eigenvalue weighted by Gasteiger charge is -2.23. The third-order valence-corrected chi connectivity index (χ3v) is 4.91. The number of H-pyrrole nitrogens is 1. The van der Waals surface area contributed by atoms with Crippen molar-refractivity contribution in [3.63, 3.8) is 0 Å². The molecule has 0 aliphatic heterocycles. The van der Waals surface area contributed by atoms with Crippen LogP contribution < -0.4 is 5.56 Å². The predicted octanol–water partition coefficient (Wildman–Crippen LogP) is 3.09. The van der Waals surface area contributed by atoms with Crippen LogP contribution in [0.2, 0.25) is 0 Å². The van der Waals surface area contributed by atoms with E-state index >= 15 is 0 Å². The lowest BCUT2D eigenvalue weighted by atomic mass is 10.0. The van der Waals surface area contributed by atoms with Gasteiger partial charge in [0.2, 0.25) is 0 Å². The molecule has 0 saturated heterocycles. The number of rotatable bonds is 5. The quantitative estimate of drug-likeness (QED) is 0.731. The highest BCUT2D eigenvalue weighted by Gasteiger charge is 2.19. The van der Waals surface area contributed by atoms with Crippen molar-refractivity contribution >= 4 is 16.8 Å². The molecule has 5 nitrogen and oxygen atoms in total. The van der Waals surface area contributed by atoms with Gasteiger partial charge in [-0.3, -0.25) is 9.59 Å². The molecule has 1 amide bonds. The SMILES string of the molecule is Cc1ccccc1C(=O)N(CCO)Cc1cc2c(C)ccc(C)c2[nH]c1=O. The number of nitrogens with zero attached hydrogens (tertiary/aromatic N) is 1. The highest BCUT2D eigenvalue weighted by molar-refractivity contribution is 5.95. The van der Waals surface area contributed by atoms with E-state index in [1.54, 1.807) is 6.07 Å². The fourth-order valence-corrected chi connectivity index (χ4v) is 3.30. The van der Waals surface area contributed by atoms with Gasteiger partial charge in [-0.2, -0.15) is 0 Å². The third kappa shape index (κ3) is 3.78. The summed E-state index contributed by atoms with van der Waals surface area (Å²) in [5.41, 5.74) is 4.63. The second-order valence-electron chi connectivity index (χ2n) is 6.88. The zero-order valence-corrected chi connectivity index (χ0v) is 15.9. The van der Waals surface area contributed by atoms with Crippen molar-refractivity contribution in [2.24, 2.45) is 0 Å². The highest BCUT2D eigenvalue weighted by atomic mass is 16.3. The number of hydrogen-bond acceptors (Lipinski definition) is 3. The van der Waals surface area contributed by atoms with Gasteiger partial charge in [0.15, 0.2) is 0 Å².